The number of unbranched alkanes of at least 4 members (excludes halogenated alkanes) is 1. The number of carbonyl (C=O) groups excluding carboxylic acids is 2. The zero-order valence-corrected chi connectivity index (χ0v) is 20.6. The Bertz CT molecular complexity index is 1010. The number of hydrogen-bond acceptors (Lipinski definition) is 3. The van der Waals surface area contributed by atoms with E-state index in [1.807, 2.05) is 91.0 Å². The van der Waals surface area contributed by atoms with Crippen LogP contribution in [0.3, 0.4) is 0 Å². The van der Waals surface area contributed by atoms with Gasteiger partial charge in [-0.2, -0.15) is 0 Å². The van der Waals surface area contributed by atoms with Gasteiger partial charge in [0.05, 0.1) is 6.61 Å². The number of rotatable bonds is 14. The molecule has 0 saturated carbocycles. The summed E-state index contributed by atoms with van der Waals surface area (Å²) in [6.07, 6.45) is 3.27. The van der Waals surface area contributed by atoms with Gasteiger partial charge in [-0.1, -0.05) is 92.2 Å². The fraction of sp³-hybridized carbons (Fsp3) is 0.333. The number of amides is 2. The summed E-state index contributed by atoms with van der Waals surface area (Å²) in [5.41, 5.74) is 2.03. The summed E-state index contributed by atoms with van der Waals surface area (Å²) in [4.78, 5) is 28.6. The lowest BCUT2D eigenvalue weighted by atomic mass is 10.0. The highest BCUT2D eigenvalue weighted by Crippen LogP contribution is 2.17. The second-order valence-electron chi connectivity index (χ2n) is 8.62. The molecule has 0 unspecified atom stereocenters. The van der Waals surface area contributed by atoms with Crippen LogP contribution in [0.25, 0.3) is 0 Å². The zero-order chi connectivity index (χ0) is 24.7. The molecule has 0 aliphatic rings. The summed E-state index contributed by atoms with van der Waals surface area (Å²) in [6.45, 7) is 3.54. The molecule has 3 rings (SSSR count). The molecule has 2 amide bonds. The SMILES string of the molecule is CCCCNC(=O)[C@@H](Cc1ccccc1)N(Cc1ccccc1)C(=O)CCCOc1ccccc1. The number of benzene rings is 3. The Hall–Kier alpha value is -3.60. The topological polar surface area (TPSA) is 58.6 Å². The van der Waals surface area contributed by atoms with Crippen molar-refractivity contribution in [2.24, 2.45) is 0 Å². The average Bonchev–Trinajstić information content (AvgIpc) is 2.90. The van der Waals surface area contributed by atoms with E-state index in [4.69, 9.17) is 4.74 Å². The van der Waals surface area contributed by atoms with Crippen molar-refractivity contribution in [3.63, 3.8) is 0 Å². The highest BCUT2D eigenvalue weighted by molar-refractivity contribution is 5.88. The van der Waals surface area contributed by atoms with E-state index in [0.717, 1.165) is 29.7 Å². The predicted molar refractivity (Wildman–Crippen MR) is 140 cm³/mol. The number of para-hydroxylation sites is 1. The Labute approximate surface area is 209 Å². The Kier molecular flexibility index (Phi) is 10.9. The van der Waals surface area contributed by atoms with Crippen LogP contribution in [0.5, 0.6) is 5.75 Å². The van der Waals surface area contributed by atoms with Gasteiger partial charge in [0.15, 0.2) is 0 Å². The minimum absolute atomic E-state index is 0.0444. The molecule has 184 valence electrons. The van der Waals surface area contributed by atoms with E-state index < -0.39 is 6.04 Å². The number of nitrogens with zero attached hydrogens (tertiary/aromatic N) is 1. The van der Waals surface area contributed by atoms with Crippen LogP contribution in [0.2, 0.25) is 0 Å². The second kappa shape index (κ2) is 14.6. The summed E-state index contributed by atoms with van der Waals surface area (Å²) in [5.74, 6) is 0.641. The van der Waals surface area contributed by atoms with E-state index in [-0.39, 0.29) is 11.8 Å². The maximum Gasteiger partial charge on any atom is 0.243 e. The van der Waals surface area contributed by atoms with Crippen molar-refractivity contribution >= 4 is 11.8 Å². The number of carbonyl (C=O) groups is 2. The van der Waals surface area contributed by atoms with E-state index >= 15 is 0 Å². The predicted octanol–water partition coefficient (Wildman–Crippen LogP) is 5.40. The fourth-order valence-electron chi connectivity index (χ4n) is 3.91. The zero-order valence-electron chi connectivity index (χ0n) is 20.6. The molecule has 0 saturated heterocycles. The highest BCUT2D eigenvalue weighted by atomic mass is 16.5. The third kappa shape index (κ3) is 8.93. The Morgan fingerprint density at radius 1 is 0.829 bits per heavy atom. The maximum atomic E-state index is 13.5. The quantitative estimate of drug-likeness (QED) is 0.320. The molecule has 3 aromatic carbocycles. The minimum Gasteiger partial charge on any atom is -0.494 e. The maximum absolute atomic E-state index is 13.5. The largest absolute Gasteiger partial charge is 0.494 e. The van der Waals surface area contributed by atoms with Crippen LogP contribution in [0, 0.1) is 0 Å². The highest BCUT2D eigenvalue weighted by Gasteiger charge is 2.29. The number of hydrogen-bond donors (Lipinski definition) is 1. The van der Waals surface area contributed by atoms with E-state index in [2.05, 4.69) is 12.2 Å². The monoisotopic (exact) mass is 472 g/mol. The molecule has 5 heteroatoms. The van der Waals surface area contributed by atoms with Gasteiger partial charge in [0.25, 0.3) is 0 Å². The lowest BCUT2D eigenvalue weighted by Gasteiger charge is -2.31. The van der Waals surface area contributed by atoms with Crippen LogP contribution >= 0.6 is 0 Å². The molecular formula is C30H36N2O3. The molecule has 5 nitrogen and oxygen atoms in total. The number of ether oxygens (including phenoxy) is 1. The molecule has 35 heavy (non-hydrogen) atoms. The van der Waals surface area contributed by atoms with Gasteiger partial charge in [-0.25, -0.2) is 0 Å². The van der Waals surface area contributed by atoms with Gasteiger partial charge in [-0.05, 0) is 36.1 Å². The first kappa shape index (κ1) is 26.0. The smallest absolute Gasteiger partial charge is 0.243 e. The third-order valence-corrected chi connectivity index (χ3v) is 5.84. The molecule has 1 N–H and O–H groups in total. The molecule has 3 aromatic rings. The van der Waals surface area contributed by atoms with Gasteiger partial charge in [0.2, 0.25) is 11.8 Å². The third-order valence-electron chi connectivity index (χ3n) is 5.84. The van der Waals surface area contributed by atoms with Crippen molar-refractivity contribution in [1.29, 1.82) is 0 Å². The molecule has 0 aromatic heterocycles. The molecule has 0 radical (unpaired) electrons. The van der Waals surface area contributed by atoms with E-state index in [0.29, 0.717) is 39.0 Å². The molecule has 0 bridgehead atoms. The van der Waals surface area contributed by atoms with Crippen LogP contribution in [0.4, 0.5) is 0 Å². The van der Waals surface area contributed by atoms with E-state index in [9.17, 15) is 9.59 Å². The molecule has 0 fully saturated rings. The molecular weight excluding hydrogens is 436 g/mol. The lowest BCUT2D eigenvalue weighted by molar-refractivity contribution is -0.141. The Morgan fingerprint density at radius 3 is 2.06 bits per heavy atom. The molecule has 0 aliphatic carbocycles. The van der Waals surface area contributed by atoms with Crippen molar-refractivity contribution in [2.75, 3.05) is 13.2 Å². The van der Waals surface area contributed by atoms with Crippen molar-refractivity contribution in [3.05, 3.63) is 102 Å². The van der Waals surface area contributed by atoms with Crippen LogP contribution in [-0.2, 0) is 22.6 Å². The van der Waals surface area contributed by atoms with Crippen LogP contribution < -0.4 is 10.1 Å². The second-order valence-corrected chi connectivity index (χ2v) is 8.62. The Balaban J connectivity index is 1.75. The molecule has 0 aliphatic heterocycles. The van der Waals surface area contributed by atoms with E-state index in [1.54, 1.807) is 4.90 Å². The first-order valence-corrected chi connectivity index (χ1v) is 12.5. The van der Waals surface area contributed by atoms with Crippen LogP contribution in [-0.4, -0.2) is 35.9 Å². The lowest BCUT2D eigenvalue weighted by Crippen LogP contribution is -2.50. The first-order valence-electron chi connectivity index (χ1n) is 12.5. The standard InChI is InChI=1S/C30H36N2O3/c1-2-3-21-31-30(34)28(23-25-14-7-4-8-15-25)32(24-26-16-9-5-10-17-26)29(33)20-13-22-35-27-18-11-6-12-19-27/h4-12,14-19,28H,2-3,13,20-24H2,1H3,(H,31,34)/t28-/m1/s1. The van der Waals surface area contributed by atoms with Gasteiger partial charge in [0.1, 0.15) is 11.8 Å². The first-order chi connectivity index (χ1) is 17.2. The van der Waals surface area contributed by atoms with Gasteiger partial charge in [0, 0.05) is 25.9 Å². The van der Waals surface area contributed by atoms with Crippen molar-refractivity contribution in [3.8, 4) is 5.75 Å². The van der Waals surface area contributed by atoms with Gasteiger partial charge >= 0.3 is 0 Å². The number of nitrogens with one attached hydrogen (secondary N) is 1. The molecule has 1 atom stereocenters. The van der Waals surface area contributed by atoms with Gasteiger partial charge < -0.3 is 15.0 Å². The summed E-state index contributed by atoms with van der Waals surface area (Å²) in [7, 11) is 0. The van der Waals surface area contributed by atoms with Crippen LogP contribution in [0.15, 0.2) is 91.0 Å². The summed E-state index contributed by atoms with van der Waals surface area (Å²) >= 11 is 0. The fourth-order valence-corrected chi connectivity index (χ4v) is 3.91. The summed E-state index contributed by atoms with van der Waals surface area (Å²) in [6, 6.07) is 28.8. The Morgan fingerprint density at radius 2 is 1.43 bits per heavy atom. The summed E-state index contributed by atoms with van der Waals surface area (Å²) in [5, 5.41) is 3.06. The van der Waals surface area contributed by atoms with Gasteiger partial charge in [-0.3, -0.25) is 9.59 Å². The minimum atomic E-state index is -0.586. The van der Waals surface area contributed by atoms with Gasteiger partial charge in [-0.15, -0.1) is 0 Å². The van der Waals surface area contributed by atoms with Crippen molar-refractivity contribution in [1.82, 2.24) is 10.2 Å². The van der Waals surface area contributed by atoms with Crippen LogP contribution in [0.1, 0.15) is 43.7 Å². The van der Waals surface area contributed by atoms with Crippen molar-refractivity contribution in [2.45, 2.75) is 51.6 Å². The molecule has 0 spiro atoms. The average molecular weight is 473 g/mol. The van der Waals surface area contributed by atoms with E-state index in [1.165, 1.54) is 0 Å². The normalized spacial score (nSPS) is 11.5. The van der Waals surface area contributed by atoms with Crippen molar-refractivity contribution < 1.29 is 14.3 Å². The summed E-state index contributed by atoms with van der Waals surface area (Å²) < 4.78 is 5.77. The molecule has 0 heterocycles.